The smallest absolute Gasteiger partial charge is 0.119 e. The molecule has 0 saturated heterocycles. The summed E-state index contributed by atoms with van der Waals surface area (Å²) in [5.41, 5.74) is 1.97. The van der Waals surface area contributed by atoms with Crippen LogP contribution >= 0.6 is 12.6 Å². The van der Waals surface area contributed by atoms with Crippen LogP contribution in [0.3, 0.4) is 0 Å². The molecule has 0 heterocycles. The molecule has 1 aliphatic carbocycles. The lowest BCUT2D eigenvalue weighted by Crippen LogP contribution is -2.37. The van der Waals surface area contributed by atoms with E-state index in [0.717, 1.165) is 24.5 Å². The van der Waals surface area contributed by atoms with Gasteiger partial charge in [0.2, 0.25) is 0 Å². The predicted molar refractivity (Wildman–Crippen MR) is 85.4 cm³/mol. The summed E-state index contributed by atoms with van der Waals surface area (Å²) in [5, 5.41) is 0. The molecular weight excluding hydrogens is 252 g/mol. The van der Waals surface area contributed by atoms with E-state index in [1.54, 1.807) is 0 Å². The first-order chi connectivity index (χ1) is 9.01. The topological polar surface area (TPSA) is 9.23 Å². The highest BCUT2D eigenvalue weighted by molar-refractivity contribution is 7.80. The molecule has 106 valence electrons. The molecular formula is C17H26OS. The number of rotatable bonds is 6. The molecule has 19 heavy (non-hydrogen) atoms. The van der Waals surface area contributed by atoms with Crippen LogP contribution in [0, 0.1) is 5.41 Å². The molecule has 0 spiro atoms. The Kier molecular flexibility index (Phi) is 4.50. The zero-order valence-corrected chi connectivity index (χ0v) is 13.3. The van der Waals surface area contributed by atoms with E-state index in [9.17, 15) is 0 Å². The highest BCUT2D eigenvalue weighted by Crippen LogP contribution is 2.42. The molecule has 0 amide bonds. The summed E-state index contributed by atoms with van der Waals surface area (Å²) in [7, 11) is 0. The van der Waals surface area contributed by atoms with Gasteiger partial charge in [0.25, 0.3) is 0 Å². The molecule has 0 aliphatic heterocycles. The van der Waals surface area contributed by atoms with Crippen LogP contribution in [0.4, 0.5) is 0 Å². The minimum Gasteiger partial charge on any atom is -0.493 e. The van der Waals surface area contributed by atoms with Gasteiger partial charge in [-0.15, -0.1) is 0 Å². The maximum Gasteiger partial charge on any atom is 0.119 e. The molecule has 0 atom stereocenters. The van der Waals surface area contributed by atoms with Gasteiger partial charge < -0.3 is 4.74 Å². The van der Waals surface area contributed by atoms with Gasteiger partial charge >= 0.3 is 0 Å². The largest absolute Gasteiger partial charge is 0.493 e. The van der Waals surface area contributed by atoms with E-state index in [2.05, 4.69) is 57.7 Å². The van der Waals surface area contributed by atoms with Gasteiger partial charge in [-0.3, -0.25) is 0 Å². The Morgan fingerprint density at radius 1 is 1.21 bits per heavy atom. The number of hydrogen-bond acceptors (Lipinski definition) is 2. The molecule has 0 radical (unpaired) electrons. The molecule has 1 nitrogen and oxygen atoms in total. The Labute approximate surface area is 123 Å². The minimum atomic E-state index is 0.249. The summed E-state index contributed by atoms with van der Waals surface area (Å²) in [5.74, 6) is 1.93. The summed E-state index contributed by atoms with van der Waals surface area (Å²) in [6, 6.07) is 8.62. The van der Waals surface area contributed by atoms with E-state index in [1.165, 1.54) is 24.8 Å². The van der Waals surface area contributed by atoms with Crippen molar-refractivity contribution in [2.45, 2.75) is 51.9 Å². The fraction of sp³-hybridized carbons (Fsp3) is 0.647. The second kappa shape index (κ2) is 5.78. The standard InChI is InChI=1S/C17H26OS/c1-4-16(2,3)14-6-8-15(9-7-14)18-12-17(13-19)10-5-11-17/h6-9,19H,4-5,10-13H2,1-3H3. The maximum absolute atomic E-state index is 5.96. The van der Waals surface area contributed by atoms with E-state index in [-0.39, 0.29) is 5.41 Å². The Morgan fingerprint density at radius 3 is 2.26 bits per heavy atom. The van der Waals surface area contributed by atoms with Crippen LogP contribution in [0.2, 0.25) is 0 Å². The lowest BCUT2D eigenvalue weighted by molar-refractivity contribution is 0.0829. The normalized spacial score (nSPS) is 17.9. The molecule has 1 aromatic rings. The van der Waals surface area contributed by atoms with E-state index in [1.807, 2.05) is 0 Å². The van der Waals surface area contributed by atoms with Crippen LogP contribution in [0.5, 0.6) is 5.75 Å². The van der Waals surface area contributed by atoms with Gasteiger partial charge in [-0.2, -0.15) is 12.6 Å². The van der Waals surface area contributed by atoms with Gasteiger partial charge in [0.15, 0.2) is 0 Å². The number of ether oxygens (including phenoxy) is 1. The quantitative estimate of drug-likeness (QED) is 0.732. The van der Waals surface area contributed by atoms with E-state index >= 15 is 0 Å². The summed E-state index contributed by atoms with van der Waals surface area (Å²) < 4.78 is 5.96. The third-order valence-electron chi connectivity index (χ3n) is 4.81. The van der Waals surface area contributed by atoms with E-state index < -0.39 is 0 Å². The Hall–Kier alpha value is -0.630. The Bertz CT molecular complexity index is 398. The van der Waals surface area contributed by atoms with Gasteiger partial charge in [0, 0.05) is 5.41 Å². The van der Waals surface area contributed by atoms with Crippen LogP contribution in [-0.2, 0) is 5.41 Å². The van der Waals surface area contributed by atoms with Crippen molar-refractivity contribution in [2.75, 3.05) is 12.4 Å². The van der Waals surface area contributed by atoms with Gasteiger partial charge in [0.05, 0.1) is 6.61 Å². The maximum atomic E-state index is 5.96. The summed E-state index contributed by atoms with van der Waals surface area (Å²) in [4.78, 5) is 0. The first-order valence-electron chi connectivity index (χ1n) is 7.36. The SMILES string of the molecule is CCC(C)(C)c1ccc(OCC2(CS)CCC2)cc1. The van der Waals surface area contributed by atoms with E-state index in [0.29, 0.717) is 5.41 Å². The van der Waals surface area contributed by atoms with Crippen molar-refractivity contribution in [3.05, 3.63) is 29.8 Å². The molecule has 0 aromatic heterocycles. The van der Waals surface area contributed by atoms with Gasteiger partial charge in [-0.05, 0) is 48.1 Å². The van der Waals surface area contributed by atoms with Crippen molar-refractivity contribution in [3.63, 3.8) is 0 Å². The van der Waals surface area contributed by atoms with Crippen LogP contribution in [0.25, 0.3) is 0 Å². The third-order valence-corrected chi connectivity index (χ3v) is 5.49. The average molecular weight is 278 g/mol. The molecule has 1 aliphatic rings. The molecule has 1 fully saturated rings. The first-order valence-corrected chi connectivity index (χ1v) is 7.99. The number of thiol groups is 1. The van der Waals surface area contributed by atoms with Crippen LogP contribution in [0.15, 0.2) is 24.3 Å². The lowest BCUT2D eigenvalue weighted by atomic mass is 9.71. The monoisotopic (exact) mass is 278 g/mol. The fourth-order valence-electron chi connectivity index (χ4n) is 2.47. The highest BCUT2D eigenvalue weighted by Gasteiger charge is 2.36. The fourth-order valence-corrected chi connectivity index (χ4v) is 2.88. The molecule has 0 N–H and O–H groups in total. The second-order valence-electron chi connectivity index (χ2n) is 6.56. The van der Waals surface area contributed by atoms with Crippen LogP contribution in [0.1, 0.15) is 52.0 Å². The van der Waals surface area contributed by atoms with Crippen molar-refractivity contribution in [3.8, 4) is 5.75 Å². The van der Waals surface area contributed by atoms with Crippen molar-refractivity contribution in [1.82, 2.24) is 0 Å². The lowest BCUT2D eigenvalue weighted by Gasteiger charge is -2.40. The van der Waals surface area contributed by atoms with Crippen LogP contribution < -0.4 is 4.74 Å². The zero-order valence-electron chi connectivity index (χ0n) is 12.4. The van der Waals surface area contributed by atoms with Crippen LogP contribution in [-0.4, -0.2) is 12.4 Å². The van der Waals surface area contributed by atoms with Crippen molar-refractivity contribution >= 4 is 12.6 Å². The Balaban J connectivity index is 1.95. The number of benzene rings is 1. The van der Waals surface area contributed by atoms with Crippen molar-refractivity contribution < 1.29 is 4.74 Å². The highest BCUT2D eigenvalue weighted by atomic mass is 32.1. The predicted octanol–water partition coefficient (Wildman–Crippen LogP) is 4.85. The average Bonchev–Trinajstić information content (AvgIpc) is 2.38. The summed E-state index contributed by atoms with van der Waals surface area (Å²) in [6.45, 7) is 7.62. The summed E-state index contributed by atoms with van der Waals surface area (Å²) in [6.07, 6.45) is 5.00. The van der Waals surface area contributed by atoms with Gasteiger partial charge in [-0.1, -0.05) is 39.3 Å². The summed E-state index contributed by atoms with van der Waals surface area (Å²) >= 11 is 4.47. The number of hydrogen-bond donors (Lipinski definition) is 1. The Morgan fingerprint density at radius 2 is 1.84 bits per heavy atom. The molecule has 0 unspecified atom stereocenters. The van der Waals surface area contributed by atoms with Crippen molar-refractivity contribution in [1.29, 1.82) is 0 Å². The molecule has 0 bridgehead atoms. The van der Waals surface area contributed by atoms with Gasteiger partial charge in [-0.25, -0.2) is 0 Å². The molecule has 1 aromatic carbocycles. The van der Waals surface area contributed by atoms with Gasteiger partial charge in [0.1, 0.15) is 5.75 Å². The molecule has 1 saturated carbocycles. The zero-order chi connectivity index (χ0) is 13.9. The molecule has 2 heteroatoms. The minimum absolute atomic E-state index is 0.249. The van der Waals surface area contributed by atoms with E-state index in [4.69, 9.17) is 4.74 Å². The second-order valence-corrected chi connectivity index (χ2v) is 6.88. The third kappa shape index (κ3) is 3.28. The first kappa shape index (κ1) is 14.8. The van der Waals surface area contributed by atoms with Crippen molar-refractivity contribution in [2.24, 2.45) is 5.41 Å². The molecule has 2 rings (SSSR count).